The molecular formula is C13H21N3O2. The second-order valence-electron chi connectivity index (χ2n) is 4.33. The number of carbonyl (C=O) groups is 1. The second-order valence-corrected chi connectivity index (χ2v) is 4.33. The summed E-state index contributed by atoms with van der Waals surface area (Å²) in [4.78, 5) is 23.2. The van der Waals surface area contributed by atoms with Gasteiger partial charge in [-0.3, -0.25) is 9.59 Å². The van der Waals surface area contributed by atoms with Crippen molar-refractivity contribution in [3.05, 3.63) is 28.7 Å². The van der Waals surface area contributed by atoms with Gasteiger partial charge in [-0.15, -0.1) is 0 Å². The van der Waals surface area contributed by atoms with Crippen molar-refractivity contribution in [1.29, 1.82) is 0 Å². The lowest BCUT2D eigenvalue weighted by Crippen LogP contribution is -2.35. The van der Waals surface area contributed by atoms with Crippen molar-refractivity contribution in [2.45, 2.75) is 45.7 Å². The van der Waals surface area contributed by atoms with Crippen molar-refractivity contribution in [2.75, 3.05) is 5.32 Å². The maximum Gasteiger partial charge on any atom is 0.250 e. The minimum Gasteiger partial charge on any atom is -0.323 e. The van der Waals surface area contributed by atoms with E-state index in [1.807, 2.05) is 13.8 Å². The molecule has 5 nitrogen and oxygen atoms in total. The Balaban J connectivity index is 2.76. The summed E-state index contributed by atoms with van der Waals surface area (Å²) in [5.41, 5.74) is 6.27. The van der Waals surface area contributed by atoms with E-state index in [1.165, 1.54) is 6.07 Å². The maximum atomic E-state index is 11.7. The van der Waals surface area contributed by atoms with Crippen LogP contribution in [0.1, 0.15) is 33.1 Å². The summed E-state index contributed by atoms with van der Waals surface area (Å²) in [6, 6.07) is 2.56. The minimum absolute atomic E-state index is 0.0623. The van der Waals surface area contributed by atoms with Gasteiger partial charge in [-0.05, 0) is 18.9 Å². The Bertz CT molecular complexity index is 454. The first-order chi connectivity index (χ1) is 8.58. The summed E-state index contributed by atoms with van der Waals surface area (Å²) in [7, 11) is 0. The Morgan fingerprint density at radius 1 is 1.39 bits per heavy atom. The van der Waals surface area contributed by atoms with E-state index >= 15 is 0 Å². The molecule has 0 fully saturated rings. The number of carbonyl (C=O) groups excluding carboxylic acids is 1. The summed E-state index contributed by atoms with van der Waals surface area (Å²) in [6.45, 7) is 4.62. The fourth-order valence-electron chi connectivity index (χ4n) is 1.70. The largest absolute Gasteiger partial charge is 0.323 e. The number of nitrogens with two attached hydrogens (primary N) is 1. The molecule has 1 aromatic heterocycles. The lowest BCUT2D eigenvalue weighted by Gasteiger charge is -2.12. The van der Waals surface area contributed by atoms with Gasteiger partial charge in [0.15, 0.2) is 0 Å². The highest BCUT2D eigenvalue weighted by molar-refractivity contribution is 5.94. The molecule has 18 heavy (non-hydrogen) atoms. The van der Waals surface area contributed by atoms with E-state index in [0.29, 0.717) is 18.7 Å². The average molecular weight is 251 g/mol. The Morgan fingerprint density at radius 3 is 2.72 bits per heavy atom. The first kappa shape index (κ1) is 14.4. The summed E-state index contributed by atoms with van der Waals surface area (Å²) in [5.74, 6) is -0.210. The third-order valence-corrected chi connectivity index (χ3v) is 2.65. The number of amides is 1. The third kappa shape index (κ3) is 4.00. The number of nitrogens with zero attached hydrogens (tertiary/aromatic N) is 1. The van der Waals surface area contributed by atoms with Gasteiger partial charge in [-0.2, -0.15) is 0 Å². The number of aromatic nitrogens is 1. The zero-order chi connectivity index (χ0) is 13.5. The normalized spacial score (nSPS) is 12.2. The van der Waals surface area contributed by atoms with Crippen LogP contribution in [0.2, 0.25) is 0 Å². The molecule has 0 radical (unpaired) electrons. The number of pyridine rings is 1. The molecular weight excluding hydrogens is 230 g/mol. The van der Waals surface area contributed by atoms with Crippen LogP contribution in [0.5, 0.6) is 0 Å². The molecule has 0 saturated heterocycles. The number of nitrogens with one attached hydrogen (secondary N) is 1. The topological polar surface area (TPSA) is 77.1 Å². The van der Waals surface area contributed by atoms with Crippen molar-refractivity contribution < 1.29 is 4.79 Å². The van der Waals surface area contributed by atoms with E-state index in [4.69, 9.17) is 5.73 Å². The van der Waals surface area contributed by atoms with Gasteiger partial charge in [0.2, 0.25) is 5.91 Å². The van der Waals surface area contributed by atoms with Crippen LogP contribution in [0.4, 0.5) is 5.69 Å². The van der Waals surface area contributed by atoms with Gasteiger partial charge < -0.3 is 15.6 Å². The molecule has 1 amide bonds. The summed E-state index contributed by atoms with van der Waals surface area (Å²) in [5, 5.41) is 2.73. The molecule has 1 aromatic rings. The smallest absolute Gasteiger partial charge is 0.250 e. The van der Waals surface area contributed by atoms with Crippen LogP contribution in [0, 0.1) is 0 Å². The number of anilines is 1. The molecule has 1 atom stereocenters. The summed E-state index contributed by atoms with van der Waals surface area (Å²) < 4.78 is 1.58. The molecule has 0 aliphatic carbocycles. The minimum atomic E-state index is -0.499. The van der Waals surface area contributed by atoms with E-state index in [-0.39, 0.29) is 11.5 Å². The number of hydrogen-bond donors (Lipinski definition) is 2. The van der Waals surface area contributed by atoms with E-state index in [0.717, 1.165) is 12.8 Å². The van der Waals surface area contributed by atoms with Gasteiger partial charge in [-0.25, -0.2) is 0 Å². The number of rotatable bonds is 6. The van der Waals surface area contributed by atoms with Crippen molar-refractivity contribution in [3.8, 4) is 0 Å². The Hall–Kier alpha value is -1.62. The third-order valence-electron chi connectivity index (χ3n) is 2.65. The molecule has 0 aromatic carbocycles. The molecule has 0 aliphatic rings. The predicted molar refractivity (Wildman–Crippen MR) is 72.5 cm³/mol. The van der Waals surface area contributed by atoms with Crippen molar-refractivity contribution in [2.24, 2.45) is 5.73 Å². The van der Waals surface area contributed by atoms with Gasteiger partial charge >= 0.3 is 0 Å². The molecule has 0 spiro atoms. The van der Waals surface area contributed by atoms with Crippen LogP contribution in [-0.4, -0.2) is 16.5 Å². The Labute approximate surface area is 107 Å². The SMILES string of the molecule is CCC[C@H](N)C(=O)Nc1ccc(=O)n(CCC)c1. The quantitative estimate of drug-likeness (QED) is 0.800. The molecule has 5 heteroatoms. The van der Waals surface area contributed by atoms with E-state index in [9.17, 15) is 9.59 Å². The average Bonchev–Trinajstić information content (AvgIpc) is 2.34. The van der Waals surface area contributed by atoms with Crippen LogP contribution in [-0.2, 0) is 11.3 Å². The molecule has 0 saturated carbocycles. The summed E-state index contributed by atoms with van der Waals surface area (Å²) >= 11 is 0. The standard InChI is InChI=1S/C13H21N3O2/c1-3-5-11(14)13(18)15-10-6-7-12(17)16(9-10)8-4-2/h6-7,9,11H,3-5,8,14H2,1-2H3,(H,15,18)/t11-/m0/s1. The molecule has 0 bridgehead atoms. The molecule has 0 unspecified atom stereocenters. The second kappa shape index (κ2) is 6.96. The maximum absolute atomic E-state index is 11.7. The zero-order valence-corrected chi connectivity index (χ0v) is 11.0. The van der Waals surface area contributed by atoms with E-state index < -0.39 is 6.04 Å². The highest BCUT2D eigenvalue weighted by atomic mass is 16.2. The lowest BCUT2D eigenvalue weighted by atomic mass is 10.1. The molecule has 1 heterocycles. The number of aryl methyl sites for hydroxylation is 1. The highest BCUT2D eigenvalue weighted by Crippen LogP contribution is 2.05. The van der Waals surface area contributed by atoms with Crippen molar-refractivity contribution in [1.82, 2.24) is 4.57 Å². The van der Waals surface area contributed by atoms with Crippen molar-refractivity contribution in [3.63, 3.8) is 0 Å². The molecule has 1 rings (SSSR count). The van der Waals surface area contributed by atoms with Crippen LogP contribution in [0.15, 0.2) is 23.1 Å². The van der Waals surface area contributed by atoms with Gasteiger partial charge in [0.1, 0.15) is 0 Å². The zero-order valence-electron chi connectivity index (χ0n) is 11.0. The van der Waals surface area contributed by atoms with Crippen LogP contribution < -0.4 is 16.6 Å². The Morgan fingerprint density at radius 2 is 2.11 bits per heavy atom. The van der Waals surface area contributed by atoms with Crippen molar-refractivity contribution >= 4 is 11.6 Å². The van der Waals surface area contributed by atoms with E-state index in [1.54, 1.807) is 16.8 Å². The van der Waals surface area contributed by atoms with Crippen LogP contribution >= 0.6 is 0 Å². The van der Waals surface area contributed by atoms with E-state index in [2.05, 4.69) is 5.32 Å². The van der Waals surface area contributed by atoms with Gasteiger partial charge in [-0.1, -0.05) is 20.3 Å². The van der Waals surface area contributed by atoms with Gasteiger partial charge in [0.25, 0.3) is 5.56 Å². The monoisotopic (exact) mass is 251 g/mol. The highest BCUT2D eigenvalue weighted by Gasteiger charge is 2.12. The Kier molecular flexibility index (Phi) is 5.58. The molecule has 0 aliphatic heterocycles. The first-order valence-electron chi connectivity index (χ1n) is 6.35. The fraction of sp³-hybridized carbons (Fsp3) is 0.538. The van der Waals surface area contributed by atoms with Gasteiger partial charge in [0, 0.05) is 18.8 Å². The summed E-state index contributed by atoms with van der Waals surface area (Å²) in [6.07, 6.45) is 4.04. The number of hydrogen-bond acceptors (Lipinski definition) is 3. The van der Waals surface area contributed by atoms with Gasteiger partial charge in [0.05, 0.1) is 11.7 Å². The molecule has 100 valence electrons. The predicted octanol–water partition coefficient (Wildman–Crippen LogP) is 1.32. The lowest BCUT2D eigenvalue weighted by molar-refractivity contribution is -0.117. The molecule has 3 N–H and O–H groups in total. The fourth-order valence-corrected chi connectivity index (χ4v) is 1.70. The first-order valence-corrected chi connectivity index (χ1v) is 6.35. The van der Waals surface area contributed by atoms with Crippen LogP contribution in [0.3, 0.4) is 0 Å². The van der Waals surface area contributed by atoms with Crippen LogP contribution in [0.25, 0.3) is 0 Å².